The molecular formula is C5H3F3N2OS. The van der Waals surface area contributed by atoms with Crippen LogP contribution in [0.15, 0.2) is 10.9 Å². The van der Waals surface area contributed by atoms with Gasteiger partial charge in [-0.3, -0.25) is 10.1 Å². The summed E-state index contributed by atoms with van der Waals surface area (Å²) in [7, 11) is 0. The van der Waals surface area contributed by atoms with Crippen LogP contribution in [0.4, 0.5) is 13.2 Å². The maximum absolute atomic E-state index is 11.5. The number of halogens is 3. The molecule has 7 heteroatoms. The minimum absolute atomic E-state index is 0.225. The molecule has 0 aliphatic carbocycles. The Kier molecular flexibility index (Phi) is 2.32. The van der Waals surface area contributed by atoms with E-state index in [1.54, 1.807) is 0 Å². The van der Waals surface area contributed by atoms with Crippen LogP contribution in [0.5, 0.6) is 0 Å². The third-order valence-corrected chi connectivity index (χ3v) is 1.51. The van der Waals surface area contributed by atoms with Gasteiger partial charge in [-0.25, -0.2) is 4.98 Å². The maximum Gasteiger partial charge on any atom is 0.484 e. The lowest BCUT2D eigenvalue weighted by molar-refractivity contribution is -0.146. The van der Waals surface area contributed by atoms with Crippen LogP contribution in [0.3, 0.4) is 0 Å². The van der Waals surface area contributed by atoms with Crippen molar-refractivity contribution in [3.63, 3.8) is 0 Å². The average molecular weight is 196 g/mol. The molecule has 0 fully saturated rings. The summed E-state index contributed by atoms with van der Waals surface area (Å²) in [6.07, 6.45) is -4.69. The van der Waals surface area contributed by atoms with E-state index in [1.165, 1.54) is 10.9 Å². The first-order chi connectivity index (χ1) is 5.49. The average Bonchev–Trinajstić information content (AvgIpc) is 2.32. The number of amides is 1. The molecule has 0 aliphatic rings. The lowest BCUT2D eigenvalue weighted by atomic mass is 10.5. The monoisotopic (exact) mass is 196 g/mol. The minimum atomic E-state index is -4.69. The fourth-order valence-corrected chi connectivity index (χ4v) is 1.05. The zero-order valence-electron chi connectivity index (χ0n) is 5.55. The lowest BCUT2D eigenvalue weighted by Gasteiger charge is -2.05. The number of nitrogens with one attached hydrogen (secondary N) is 1. The van der Waals surface area contributed by atoms with E-state index in [0.29, 0.717) is 0 Å². The quantitative estimate of drug-likeness (QED) is 0.689. The normalized spacial score (nSPS) is 11.2. The predicted octanol–water partition coefficient (Wildman–Crippen LogP) is 1.39. The van der Waals surface area contributed by atoms with Crippen molar-refractivity contribution >= 4 is 17.2 Å². The zero-order chi connectivity index (χ0) is 9.19. The highest BCUT2D eigenvalue weighted by Crippen LogP contribution is 2.11. The van der Waals surface area contributed by atoms with Crippen LogP contribution < -0.4 is 5.32 Å². The highest BCUT2D eigenvalue weighted by Gasteiger charge is 2.30. The molecule has 1 N–H and O–H groups in total. The van der Waals surface area contributed by atoms with Crippen LogP contribution in [-0.4, -0.2) is 17.2 Å². The Morgan fingerprint density at radius 1 is 1.58 bits per heavy atom. The molecular weight excluding hydrogens is 193 g/mol. The van der Waals surface area contributed by atoms with Gasteiger partial charge in [0.05, 0.1) is 5.51 Å². The van der Waals surface area contributed by atoms with Crippen molar-refractivity contribution < 1.29 is 18.0 Å². The second-order valence-corrected chi connectivity index (χ2v) is 2.54. The van der Waals surface area contributed by atoms with Gasteiger partial charge in [0, 0.05) is 5.38 Å². The van der Waals surface area contributed by atoms with E-state index in [2.05, 4.69) is 4.98 Å². The highest BCUT2D eigenvalue weighted by molar-refractivity contribution is 7.07. The first-order valence-corrected chi connectivity index (χ1v) is 3.71. The summed E-state index contributed by atoms with van der Waals surface area (Å²) in [6, 6.07) is 0. The van der Waals surface area contributed by atoms with Gasteiger partial charge in [0.25, 0.3) is 5.91 Å². The van der Waals surface area contributed by atoms with E-state index in [4.69, 9.17) is 0 Å². The molecule has 0 spiro atoms. The number of thiazole rings is 1. The number of aromatic nitrogens is 1. The Hall–Kier alpha value is -1.11. The summed E-state index contributed by atoms with van der Waals surface area (Å²) in [5, 5.41) is 2.06. The van der Waals surface area contributed by atoms with Gasteiger partial charge in [-0.2, -0.15) is 13.2 Å². The first-order valence-electron chi connectivity index (χ1n) is 2.76. The molecule has 0 atom stereocenters. The molecule has 0 unspecified atom stereocenters. The summed E-state index contributed by atoms with van der Waals surface area (Å²) in [5.41, 5.74) is 1.06. The number of hydrogen-bond donors (Lipinski definition) is 1. The largest absolute Gasteiger partial charge is 0.484 e. The number of alkyl halides is 3. The van der Waals surface area contributed by atoms with E-state index in [9.17, 15) is 18.0 Å². The van der Waals surface area contributed by atoms with E-state index in [0.717, 1.165) is 16.7 Å². The van der Waals surface area contributed by atoms with Gasteiger partial charge in [0.15, 0.2) is 0 Å². The van der Waals surface area contributed by atoms with Crippen molar-refractivity contribution in [2.75, 3.05) is 0 Å². The van der Waals surface area contributed by atoms with E-state index >= 15 is 0 Å². The van der Waals surface area contributed by atoms with Crippen LogP contribution in [-0.2, 0) is 0 Å². The third-order valence-electron chi connectivity index (χ3n) is 0.920. The summed E-state index contributed by atoms with van der Waals surface area (Å²) >= 11 is 1.05. The molecule has 1 rings (SSSR count). The fraction of sp³-hybridized carbons (Fsp3) is 0.200. The van der Waals surface area contributed by atoms with Crippen molar-refractivity contribution in [3.05, 3.63) is 16.6 Å². The van der Waals surface area contributed by atoms with Gasteiger partial charge in [-0.1, -0.05) is 0 Å². The Bertz CT molecular complexity index is 269. The second kappa shape index (κ2) is 3.10. The van der Waals surface area contributed by atoms with Gasteiger partial charge in [-0.05, 0) is 0 Å². The number of carbonyl (C=O) groups is 1. The number of hydrogen-bond acceptors (Lipinski definition) is 3. The Balaban J connectivity index is 2.63. The van der Waals surface area contributed by atoms with Gasteiger partial charge in [0.2, 0.25) is 0 Å². The van der Waals surface area contributed by atoms with Crippen LogP contribution >= 0.6 is 11.3 Å². The molecule has 1 heterocycles. The zero-order valence-corrected chi connectivity index (χ0v) is 6.37. The summed E-state index contributed by atoms with van der Waals surface area (Å²) in [5.74, 6) is -1.23. The van der Waals surface area contributed by atoms with Crippen LogP contribution in [0.2, 0.25) is 0 Å². The van der Waals surface area contributed by atoms with Crippen LogP contribution in [0.25, 0.3) is 0 Å². The number of rotatable bonds is 1. The molecule has 0 bridgehead atoms. The molecule has 12 heavy (non-hydrogen) atoms. The molecule has 0 saturated carbocycles. The molecule has 1 aromatic rings. The topological polar surface area (TPSA) is 42.0 Å². The number of carbonyl (C=O) groups excluding carboxylic acids is 1. The fourth-order valence-electron chi connectivity index (χ4n) is 0.517. The van der Waals surface area contributed by atoms with E-state index < -0.39 is 12.2 Å². The van der Waals surface area contributed by atoms with E-state index in [-0.39, 0.29) is 5.69 Å². The molecule has 3 nitrogen and oxygen atoms in total. The standard InChI is InChI=1S/C5H3F3N2OS/c6-5(7,8)10-4(11)3-1-12-2-9-3/h1-2H,(H,10,11). The summed E-state index contributed by atoms with van der Waals surface area (Å²) in [4.78, 5) is 14.0. The van der Waals surface area contributed by atoms with Gasteiger partial charge >= 0.3 is 6.30 Å². The smallest absolute Gasteiger partial charge is 0.267 e. The van der Waals surface area contributed by atoms with E-state index in [1.807, 2.05) is 0 Å². The van der Waals surface area contributed by atoms with Crippen LogP contribution in [0.1, 0.15) is 10.5 Å². The van der Waals surface area contributed by atoms with Crippen LogP contribution in [0, 0.1) is 0 Å². The summed E-state index contributed by atoms with van der Waals surface area (Å²) in [6.45, 7) is 0. The molecule has 66 valence electrons. The third kappa shape index (κ3) is 2.50. The predicted molar refractivity (Wildman–Crippen MR) is 35.6 cm³/mol. The summed E-state index contributed by atoms with van der Waals surface area (Å²) < 4.78 is 34.6. The Morgan fingerprint density at radius 2 is 2.25 bits per heavy atom. The number of nitrogens with zero attached hydrogens (tertiary/aromatic N) is 1. The van der Waals surface area contributed by atoms with Crippen molar-refractivity contribution in [1.29, 1.82) is 0 Å². The molecule has 0 radical (unpaired) electrons. The van der Waals surface area contributed by atoms with Crippen molar-refractivity contribution in [2.45, 2.75) is 6.30 Å². The van der Waals surface area contributed by atoms with Gasteiger partial charge < -0.3 is 0 Å². The minimum Gasteiger partial charge on any atom is -0.267 e. The SMILES string of the molecule is O=C(NC(F)(F)F)c1cscn1. The molecule has 1 aromatic heterocycles. The molecule has 1 amide bonds. The Morgan fingerprint density at radius 3 is 2.67 bits per heavy atom. The second-order valence-electron chi connectivity index (χ2n) is 1.83. The first kappa shape index (κ1) is 8.98. The molecule has 0 aliphatic heterocycles. The lowest BCUT2D eigenvalue weighted by Crippen LogP contribution is -2.37. The van der Waals surface area contributed by atoms with Gasteiger partial charge in [-0.15, -0.1) is 11.3 Å². The Labute approximate surface area is 69.2 Å². The molecule has 0 saturated heterocycles. The van der Waals surface area contributed by atoms with Crippen molar-refractivity contribution in [1.82, 2.24) is 10.3 Å². The maximum atomic E-state index is 11.5. The van der Waals surface area contributed by atoms with Crippen molar-refractivity contribution in [3.8, 4) is 0 Å². The molecule has 0 aromatic carbocycles. The van der Waals surface area contributed by atoms with Crippen molar-refractivity contribution in [2.24, 2.45) is 0 Å². The van der Waals surface area contributed by atoms with Gasteiger partial charge in [0.1, 0.15) is 5.69 Å². The highest BCUT2D eigenvalue weighted by atomic mass is 32.1.